The Balaban J connectivity index is 1.88. The Kier molecular flexibility index (Phi) is 7.86. The van der Waals surface area contributed by atoms with Crippen LogP contribution in [0.2, 0.25) is 5.02 Å². The summed E-state index contributed by atoms with van der Waals surface area (Å²) in [4.78, 5) is 12.2. The summed E-state index contributed by atoms with van der Waals surface area (Å²) in [7, 11) is -3.48. The monoisotopic (exact) mass is 424 g/mol. The normalized spacial score (nSPS) is 11.5. The van der Waals surface area contributed by atoms with Crippen LogP contribution in [-0.4, -0.2) is 38.3 Å². The highest BCUT2D eigenvalue weighted by molar-refractivity contribution is 7.89. The van der Waals surface area contributed by atoms with E-state index in [1.807, 2.05) is 6.92 Å². The van der Waals surface area contributed by atoms with Gasteiger partial charge in [0.15, 0.2) is 6.61 Å². The molecule has 6 nitrogen and oxygen atoms in total. The summed E-state index contributed by atoms with van der Waals surface area (Å²) >= 11 is 5.96. The van der Waals surface area contributed by atoms with Crippen molar-refractivity contribution in [2.24, 2.45) is 0 Å². The van der Waals surface area contributed by atoms with Crippen LogP contribution in [0.25, 0.3) is 0 Å². The van der Waals surface area contributed by atoms with E-state index in [0.717, 1.165) is 11.1 Å². The Morgan fingerprint density at radius 2 is 1.75 bits per heavy atom. The Hall–Kier alpha value is -2.09. The molecule has 0 fully saturated rings. The third-order valence-corrected chi connectivity index (χ3v) is 6.74. The molecular formula is C20H25ClN2O4S. The van der Waals surface area contributed by atoms with Gasteiger partial charge in [0.05, 0.1) is 4.90 Å². The van der Waals surface area contributed by atoms with Crippen molar-refractivity contribution >= 4 is 27.5 Å². The molecule has 2 aromatic carbocycles. The third-order valence-electron chi connectivity index (χ3n) is 4.26. The minimum absolute atomic E-state index is 0.116. The molecule has 0 aliphatic heterocycles. The van der Waals surface area contributed by atoms with Gasteiger partial charge in [-0.25, -0.2) is 8.42 Å². The van der Waals surface area contributed by atoms with Crippen molar-refractivity contribution < 1.29 is 17.9 Å². The summed E-state index contributed by atoms with van der Waals surface area (Å²) < 4.78 is 31.8. The van der Waals surface area contributed by atoms with Crippen LogP contribution in [0.3, 0.4) is 0 Å². The average molecular weight is 425 g/mol. The highest BCUT2D eigenvalue weighted by Crippen LogP contribution is 2.21. The molecule has 1 amide bonds. The van der Waals surface area contributed by atoms with Crippen molar-refractivity contribution in [2.75, 3.05) is 19.7 Å². The van der Waals surface area contributed by atoms with Gasteiger partial charge in [-0.1, -0.05) is 37.6 Å². The molecule has 0 bridgehead atoms. The van der Waals surface area contributed by atoms with Crippen LogP contribution in [0.15, 0.2) is 47.4 Å². The molecule has 1 N–H and O–H groups in total. The first-order valence-electron chi connectivity index (χ1n) is 9.02. The predicted octanol–water partition coefficient (Wildman–Crippen LogP) is 3.37. The maximum Gasteiger partial charge on any atom is 0.258 e. The number of amides is 1. The summed E-state index contributed by atoms with van der Waals surface area (Å²) in [5.41, 5.74) is 1.67. The van der Waals surface area contributed by atoms with Gasteiger partial charge >= 0.3 is 0 Å². The van der Waals surface area contributed by atoms with E-state index < -0.39 is 10.0 Å². The summed E-state index contributed by atoms with van der Waals surface area (Å²) in [6.45, 7) is 6.48. The van der Waals surface area contributed by atoms with Crippen molar-refractivity contribution in [1.29, 1.82) is 0 Å². The lowest BCUT2D eigenvalue weighted by Crippen LogP contribution is -2.30. The van der Waals surface area contributed by atoms with Crippen LogP contribution in [-0.2, 0) is 21.4 Å². The summed E-state index contributed by atoms with van der Waals surface area (Å²) in [6, 6.07) is 11.7. The van der Waals surface area contributed by atoms with Crippen LogP contribution in [0.1, 0.15) is 25.0 Å². The van der Waals surface area contributed by atoms with E-state index in [1.54, 1.807) is 56.3 Å². The quantitative estimate of drug-likeness (QED) is 0.669. The zero-order valence-electron chi connectivity index (χ0n) is 16.2. The lowest BCUT2D eigenvalue weighted by atomic mass is 10.2. The SMILES string of the molecule is CCN(CC)S(=O)(=O)c1ccc(CNC(=O)COc2ccc(Cl)c(C)c2)cc1. The number of hydrogen-bond acceptors (Lipinski definition) is 4. The number of halogens is 1. The van der Waals surface area contributed by atoms with E-state index in [-0.39, 0.29) is 24.0 Å². The van der Waals surface area contributed by atoms with Gasteiger partial charge in [0.1, 0.15) is 5.75 Å². The van der Waals surface area contributed by atoms with Crippen LogP contribution < -0.4 is 10.1 Å². The fourth-order valence-corrected chi connectivity index (χ4v) is 4.17. The maximum atomic E-state index is 12.5. The fourth-order valence-electron chi connectivity index (χ4n) is 2.60. The van der Waals surface area contributed by atoms with Crippen molar-refractivity contribution in [1.82, 2.24) is 9.62 Å². The molecule has 0 unspecified atom stereocenters. The molecule has 152 valence electrons. The fraction of sp³-hybridized carbons (Fsp3) is 0.350. The third kappa shape index (κ3) is 5.70. The number of hydrogen-bond donors (Lipinski definition) is 1. The number of benzene rings is 2. The first kappa shape index (κ1) is 22.2. The van der Waals surface area contributed by atoms with E-state index in [0.29, 0.717) is 23.9 Å². The van der Waals surface area contributed by atoms with Gasteiger partial charge in [-0.3, -0.25) is 4.79 Å². The molecule has 0 radical (unpaired) electrons. The average Bonchev–Trinajstić information content (AvgIpc) is 2.68. The van der Waals surface area contributed by atoms with Crippen LogP contribution in [0, 0.1) is 6.92 Å². The van der Waals surface area contributed by atoms with Gasteiger partial charge in [-0.05, 0) is 48.4 Å². The number of carbonyl (C=O) groups excluding carboxylic acids is 1. The van der Waals surface area contributed by atoms with Crippen molar-refractivity contribution in [2.45, 2.75) is 32.2 Å². The molecule has 0 saturated carbocycles. The Morgan fingerprint density at radius 1 is 1.11 bits per heavy atom. The van der Waals surface area contributed by atoms with Gasteiger partial charge in [-0.15, -0.1) is 0 Å². The Labute approximate surface area is 171 Å². The summed E-state index contributed by atoms with van der Waals surface area (Å²) in [6.07, 6.45) is 0. The molecule has 0 saturated heterocycles. The lowest BCUT2D eigenvalue weighted by molar-refractivity contribution is -0.123. The predicted molar refractivity (Wildman–Crippen MR) is 110 cm³/mol. The number of rotatable bonds is 9. The molecule has 0 aliphatic carbocycles. The molecule has 0 aromatic heterocycles. The first-order chi connectivity index (χ1) is 13.3. The van der Waals surface area contributed by atoms with E-state index in [9.17, 15) is 13.2 Å². The number of nitrogens with one attached hydrogen (secondary N) is 1. The van der Waals surface area contributed by atoms with Gasteiger partial charge in [0.2, 0.25) is 10.0 Å². The molecule has 0 spiro atoms. The van der Waals surface area contributed by atoms with Crippen LogP contribution in [0.5, 0.6) is 5.75 Å². The highest BCUT2D eigenvalue weighted by atomic mass is 35.5. The number of ether oxygens (including phenoxy) is 1. The van der Waals surface area contributed by atoms with Crippen LogP contribution >= 0.6 is 11.6 Å². The van der Waals surface area contributed by atoms with Crippen molar-refractivity contribution in [3.63, 3.8) is 0 Å². The van der Waals surface area contributed by atoms with E-state index in [2.05, 4.69) is 5.32 Å². The number of sulfonamides is 1. The molecule has 0 aliphatic rings. The lowest BCUT2D eigenvalue weighted by Gasteiger charge is -2.18. The molecule has 8 heteroatoms. The summed E-state index contributed by atoms with van der Waals surface area (Å²) in [5, 5.41) is 3.39. The largest absolute Gasteiger partial charge is 0.484 e. The van der Waals surface area contributed by atoms with E-state index in [1.165, 1.54) is 4.31 Å². The second kappa shape index (κ2) is 9.91. The maximum absolute atomic E-state index is 12.5. The first-order valence-corrected chi connectivity index (χ1v) is 10.8. The minimum atomic E-state index is -3.48. The van der Waals surface area contributed by atoms with Crippen LogP contribution in [0.4, 0.5) is 0 Å². The van der Waals surface area contributed by atoms with Crippen molar-refractivity contribution in [3.8, 4) is 5.75 Å². The number of aryl methyl sites for hydroxylation is 1. The molecule has 2 rings (SSSR count). The molecule has 2 aromatic rings. The van der Waals surface area contributed by atoms with Crippen molar-refractivity contribution in [3.05, 3.63) is 58.6 Å². The molecule has 0 atom stereocenters. The minimum Gasteiger partial charge on any atom is -0.484 e. The topological polar surface area (TPSA) is 75.7 Å². The molecule has 0 heterocycles. The number of carbonyl (C=O) groups is 1. The van der Waals surface area contributed by atoms with Gasteiger partial charge in [0, 0.05) is 24.7 Å². The smallest absolute Gasteiger partial charge is 0.258 e. The Morgan fingerprint density at radius 3 is 2.32 bits per heavy atom. The number of nitrogens with zero attached hydrogens (tertiary/aromatic N) is 1. The molecule has 28 heavy (non-hydrogen) atoms. The second-order valence-electron chi connectivity index (χ2n) is 6.21. The summed E-state index contributed by atoms with van der Waals surface area (Å²) in [5.74, 6) is 0.301. The Bertz CT molecular complexity index is 910. The standard InChI is InChI=1S/C20H25ClN2O4S/c1-4-23(5-2)28(25,26)18-9-6-16(7-10-18)13-22-20(24)14-27-17-8-11-19(21)15(3)12-17/h6-12H,4-5,13-14H2,1-3H3,(H,22,24). The zero-order chi connectivity index (χ0) is 20.7. The molecular weight excluding hydrogens is 400 g/mol. The van der Waals surface area contributed by atoms with Gasteiger partial charge < -0.3 is 10.1 Å². The zero-order valence-corrected chi connectivity index (χ0v) is 17.8. The second-order valence-corrected chi connectivity index (χ2v) is 8.55. The van der Waals surface area contributed by atoms with Gasteiger partial charge in [-0.2, -0.15) is 4.31 Å². The highest BCUT2D eigenvalue weighted by Gasteiger charge is 2.21. The van der Waals surface area contributed by atoms with Gasteiger partial charge in [0.25, 0.3) is 5.91 Å². The van der Waals surface area contributed by atoms with E-state index >= 15 is 0 Å². The van der Waals surface area contributed by atoms with E-state index in [4.69, 9.17) is 16.3 Å².